The lowest BCUT2D eigenvalue weighted by Crippen LogP contribution is -2.55. The van der Waals surface area contributed by atoms with E-state index in [0.29, 0.717) is 37.9 Å². The molecule has 4 bridgehead atoms. The molecule has 2 atom stereocenters. The van der Waals surface area contributed by atoms with Gasteiger partial charge in [-0.15, -0.1) is 0 Å². The summed E-state index contributed by atoms with van der Waals surface area (Å²) in [7, 11) is 0. The molecule has 6 nitrogen and oxygen atoms in total. The zero-order valence-corrected chi connectivity index (χ0v) is 25.9. The van der Waals surface area contributed by atoms with Crippen LogP contribution in [0.2, 0.25) is 0 Å². The summed E-state index contributed by atoms with van der Waals surface area (Å²) in [6, 6.07) is 0. The van der Waals surface area contributed by atoms with Gasteiger partial charge in [-0.25, -0.2) is 0 Å². The molecule has 5 rings (SSSR count). The molecule has 40 heavy (non-hydrogen) atoms. The van der Waals surface area contributed by atoms with E-state index in [0.717, 1.165) is 43.4 Å². The SMILES string of the molecule is CCC(C)(C)C(=O)OCCOC(=O)C1CCCCC1C(=O)CCCCC(=O)C(C)(C)C12CC3CC(CC(C3)C1)C2. The number of carbonyl (C=O) groups is 4. The van der Waals surface area contributed by atoms with E-state index < -0.39 is 11.3 Å². The first-order valence-electron chi connectivity index (χ1n) is 16.3. The highest BCUT2D eigenvalue weighted by Gasteiger charge is 2.58. The molecule has 0 aromatic heterocycles. The third-order valence-corrected chi connectivity index (χ3v) is 11.6. The summed E-state index contributed by atoms with van der Waals surface area (Å²) >= 11 is 0. The van der Waals surface area contributed by atoms with Crippen LogP contribution in [0.15, 0.2) is 0 Å². The number of esters is 2. The van der Waals surface area contributed by atoms with Crippen molar-refractivity contribution in [2.45, 2.75) is 131 Å². The molecule has 0 aromatic rings. The Morgan fingerprint density at radius 2 is 1.27 bits per heavy atom. The maximum Gasteiger partial charge on any atom is 0.311 e. The van der Waals surface area contributed by atoms with E-state index >= 15 is 0 Å². The molecule has 0 saturated heterocycles. The smallest absolute Gasteiger partial charge is 0.311 e. The fourth-order valence-electron chi connectivity index (χ4n) is 8.78. The summed E-state index contributed by atoms with van der Waals surface area (Å²) in [5.41, 5.74) is -0.652. The van der Waals surface area contributed by atoms with Crippen molar-refractivity contribution in [3.8, 4) is 0 Å². The molecule has 226 valence electrons. The van der Waals surface area contributed by atoms with Crippen molar-refractivity contribution in [3.05, 3.63) is 0 Å². The number of hydrogen-bond donors (Lipinski definition) is 0. The summed E-state index contributed by atoms with van der Waals surface area (Å²) in [5, 5.41) is 0. The molecule has 5 aliphatic rings. The van der Waals surface area contributed by atoms with Gasteiger partial charge in [0.15, 0.2) is 0 Å². The number of ether oxygens (including phenoxy) is 2. The van der Waals surface area contributed by atoms with E-state index in [4.69, 9.17) is 9.47 Å². The predicted molar refractivity (Wildman–Crippen MR) is 154 cm³/mol. The Labute approximate surface area is 242 Å². The topological polar surface area (TPSA) is 86.7 Å². The first kappa shape index (κ1) is 31.2. The Bertz CT molecular complexity index is 911. The quantitative estimate of drug-likeness (QED) is 0.165. The van der Waals surface area contributed by atoms with Crippen molar-refractivity contribution >= 4 is 23.5 Å². The van der Waals surface area contributed by atoms with Crippen LogP contribution in [0.3, 0.4) is 0 Å². The van der Waals surface area contributed by atoms with Crippen molar-refractivity contribution in [1.29, 1.82) is 0 Å². The van der Waals surface area contributed by atoms with Crippen molar-refractivity contribution in [3.63, 3.8) is 0 Å². The van der Waals surface area contributed by atoms with Crippen LogP contribution in [0.4, 0.5) is 0 Å². The number of carbonyl (C=O) groups excluding carboxylic acids is 4. The van der Waals surface area contributed by atoms with Gasteiger partial charge in [0.1, 0.15) is 24.8 Å². The summed E-state index contributed by atoms with van der Waals surface area (Å²) in [6.07, 6.45) is 14.2. The van der Waals surface area contributed by atoms with Gasteiger partial charge in [0.25, 0.3) is 0 Å². The van der Waals surface area contributed by atoms with Crippen molar-refractivity contribution in [2.75, 3.05) is 13.2 Å². The second-order valence-corrected chi connectivity index (χ2v) is 15.0. The molecule has 5 fully saturated rings. The lowest BCUT2D eigenvalue weighted by atomic mass is 9.42. The maximum atomic E-state index is 13.5. The van der Waals surface area contributed by atoms with E-state index in [9.17, 15) is 19.2 Å². The molecule has 0 heterocycles. The zero-order chi connectivity index (χ0) is 29.1. The van der Waals surface area contributed by atoms with Crippen LogP contribution in [0, 0.1) is 45.8 Å². The average molecular weight is 559 g/mol. The highest BCUT2D eigenvalue weighted by molar-refractivity contribution is 5.87. The van der Waals surface area contributed by atoms with Gasteiger partial charge in [-0.05, 0) is 108 Å². The highest BCUT2D eigenvalue weighted by atomic mass is 16.6. The Balaban J connectivity index is 1.20. The number of rotatable bonds is 14. The van der Waals surface area contributed by atoms with Crippen LogP contribution in [-0.2, 0) is 28.7 Å². The Morgan fingerprint density at radius 3 is 1.85 bits per heavy atom. The molecular formula is C34H54O6. The summed E-state index contributed by atoms with van der Waals surface area (Å²) in [6.45, 7) is 10.1. The molecule has 0 N–H and O–H groups in total. The Morgan fingerprint density at radius 1 is 0.750 bits per heavy atom. The number of Topliss-reactive ketones (excluding diaryl/α,β-unsaturated/α-hetero) is 2. The molecule has 5 aliphatic carbocycles. The van der Waals surface area contributed by atoms with Gasteiger partial charge in [0.05, 0.1) is 11.3 Å². The van der Waals surface area contributed by atoms with Gasteiger partial charge < -0.3 is 9.47 Å². The summed E-state index contributed by atoms with van der Waals surface area (Å²) in [5.74, 6) is 1.63. The number of hydrogen-bond acceptors (Lipinski definition) is 6. The minimum atomic E-state index is -0.555. The van der Waals surface area contributed by atoms with Gasteiger partial charge in [-0.3, -0.25) is 19.2 Å². The normalized spacial score (nSPS) is 31.6. The van der Waals surface area contributed by atoms with Crippen LogP contribution in [0.1, 0.15) is 131 Å². The first-order valence-corrected chi connectivity index (χ1v) is 16.3. The third-order valence-electron chi connectivity index (χ3n) is 11.6. The van der Waals surface area contributed by atoms with Crippen LogP contribution in [-0.4, -0.2) is 36.7 Å². The number of unbranched alkanes of at least 4 members (excludes halogenated alkanes) is 1. The van der Waals surface area contributed by atoms with Crippen LogP contribution < -0.4 is 0 Å². The first-order chi connectivity index (χ1) is 18.9. The minimum Gasteiger partial charge on any atom is -0.462 e. The van der Waals surface area contributed by atoms with Gasteiger partial charge in [-0.2, -0.15) is 0 Å². The summed E-state index contributed by atoms with van der Waals surface area (Å²) in [4.78, 5) is 51.7. The zero-order valence-electron chi connectivity index (χ0n) is 25.9. The van der Waals surface area contributed by atoms with E-state index in [1.54, 1.807) is 0 Å². The molecule has 0 aromatic carbocycles. The highest BCUT2D eigenvalue weighted by Crippen LogP contribution is 2.66. The molecule has 6 heteroatoms. The largest absolute Gasteiger partial charge is 0.462 e. The van der Waals surface area contributed by atoms with Gasteiger partial charge in [0, 0.05) is 24.2 Å². The third kappa shape index (κ3) is 6.67. The number of ketones is 2. The predicted octanol–water partition coefficient (Wildman–Crippen LogP) is 7.26. The molecule has 0 spiro atoms. The molecular weight excluding hydrogens is 504 g/mol. The van der Waals surface area contributed by atoms with Gasteiger partial charge in [-0.1, -0.05) is 33.6 Å². The lowest BCUT2D eigenvalue weighted by Gasteiger charge is -2.62. The monoisotopic (exact) mass is 558 g/mol. The second kappa shape index (κ2) is 12.7. The Kier molecular flexibility index (Phi) is 9.87. The second-order valence-electron chi connectivity index (χ2n) is 15.0. The molecule has 5 saturated carbocycles. The Hall–Kier alpha value is -1.72. The van der Waals surface area contributed by atoms with Crippen molar-refractivity contribution in [1.82, 2.24) is 0 Å². The molecule has 0 aliphatic heterocycles. The maximum absolute atomic E-state index is 13.5. The minimum absolute atomic E-state index is 0.0173. The average Bonchev–Trinajstić information content (AvgIpc) is 2.92. The summed E-state index contributed by atoms with van der Waals surface area (Å²) < 4.78 is 10.7. The van der Waals surface area contributed by atoms with Gasteiger partial charge >= 0.3 is 11.9 Å². The van der Waals surface area contributed by atoms with E-state index in [1.807, 2.05) is 20.8 Å². The molecule has 0 amide bonds. The molecule has 2 unspecified atom stereocenters. The van der Waals surface area contributed by atoms with Crippen LogP contribution >= 0.6 is 0 Å². The standard InChI is InChI=1S/C34H54O6/c1-6-32(2,3)31(38)40-16-15-39-30(37)27-12-8-7-11-26(27)28(35)13-9-10-14-29(36)33(4,5)34-20-23-17-24(21-34)19-25(18-23)22-34/h23-27H,6-22H2,1-5H3. The van der Waals surface area contributed by atoms with E-state index in [-0.39, 0.29) is 47.7 Å². The van der Waals surface area contributed by atoms with Gasteiger partial charge in [0.2, 0.25) is 0 Å². The van der Waals surface area contributed by atoms with Crippen molar-refractivity contribution < 1.29 is 28.7 Å². The molecule has 0 radical (unpaired) electrons. The lowest BCUT2D eigenvalue weighted by molar-refractivity contribution is -0.162. The van der Waals surface area contributed by atoms with Crippen LogP contribution in [0.25, 0.3) is 0 Å². The van der Waals surface area contributed by atoms with Crippen molar-refractivity contribution in [2.24, 2.45) is 45.8 Å². The fourth-order valence-corrected chi connectivity index (χ4v) is 8.78. The fraction of sp³-hybridized carbons (Fsp3) is 0.882. The van der Waals surface area contributed by atoms with E-state index in [2.05, 4.69) is 13.8 Å². The van der Waals surface area contributed by atoms with E-state index in [1.165, 1.54) is 38.5 Å². The van der Waals surface area contributed by atoms with Crippen LogP contribution in [0.5, 0.6) is 0 Å².